The first-order chi connectivity index (χ1) is 11.3. The summed E-state index contributed by atoms with van der Waals surface area (Å²) in [6.45, 7) is 0.502. The topological polar surface area (TPSA) is 46.8 Å². The number of hydrogen-bond acceptors (Lipinski definition) is 4. The van der Waals surface area contributed by atoms with Crippen LogP contribution in [-0.4, -0.2) is 38.7 Å². The molecule has 3 aromatic rings. The summed E-state index contributed by atoms with van der Waals surface area (Å²) in [6.07, 6.45) is 5.06. The summed E-state index contributed by atoms with van der Waals surface area (Å²) in [5.74, 6) is 0.687. The van der Waals surface area contributed by atoms with Crippen molar-refractivity contribution in [2.24, 2.45) is 0 Å². The fourth-order valence-corrected chi connectivity index (χ4v) is 2.14. The van der Waals surface area contributed by atoms with Crippen molar-refractivity contribution in [3.63, 3.8) is 0 Å². The Balaban J connectivity index is 2.03. The molecular weight excluding hydrogens is 262 g/mol. The molecule has 106 valence electrons. The highest BCUT2D eigenvalue weighted by molar-refractivity contribution is 5.62. The highest BCUT2D eigenvalue weighted by atomic mass is 15.3. The minimum atomic E-state index is 0.0798. The average Bonchev–Trinajstić information content (AvgIpc) is 3.05. The van der Waals surface area contributed by atoms with E-state index in [1.54, 1.807) is 21.8 Å². The molecule has 2 aromatic heterocycles. The third kappa shape index (κ3) is 2.98. The van der Waals surface area contributed by atoms with E-state index in [-0.39, 0.29) is 14.0 Å². The fraction of sp³-hybridized carbons (Fsp3) is 0.188. The molecule has 21 heavy (non-hydrogen) atoms. The normalized spacial score (nSPS) is 12.2. The predicted molar refractivity (Wildman–Crippen MR) is 82.0 cm³/mol. The van der Waals surface area contributed by atoms with Gasteiger partial charge < -0.3 is 4.90 Å². The lowest BCUT2D eigenvalue weighted by molar-refractivity contribution is 0.403. The van der Waals surface area contributed by atoms with Gasteiger partial charge in [0.05, 0.1) is 5.69 Å². The number of benzene rings is 1. The van der Waals surface area contributed by atoms with Gasteiger partial charge in [0.1, 0.15) is 6.33 Å². The lowest BCUT2D eigenvalue weighted by Crippen LogP contribution is -2.10. The van der Waals surface area contributed by atoms with Gasteiger partial charge in [-0.2, -0.15) is 5.10 Å². The Labute approximate surface area is 126 Å². The smallest absolute Gasteiger partial charge is 0.156 e. The van der Waals surface area contributed by atoms with E-state index in [0.717, 1.165) is 16.8 Å². The van der Waals surface area contributed by atoms with Crippen molar-refractivity contribution in [1.82, 2.24) is 24.6 Å². The van der Waals surface area contributed by atoms with E-state index in [1.165, 1.54) is 6.33 Å². The van der Waals surface area contributed by atoms with Gasteiger partial charge in [-0.25, -0.2) is 14.6 Å². The van der Waals surface area contributed by atoms with Crippen LogP contribution in [-0.2, 0) is 6.54 Å². The molecule has 0 saturated heterocycles. The molecule has 3 rings (SSSR count). The van der Waals surface area contributed by atoms with Gasteiger partial charge in [-0.15, -0.1) is 0 Å². The molecule has 1 aromatic carbocycles. The molecule has 0 saturated carbocycles. The Morgan fingerprint density at radius 3 is 2.76 bits per heavy atom. The third-order valence-electron chi connectivity index (χ3n) is 3.03. The number of rotatable bonds is 4. The number of hydrogen-bond donors (Lipinski definition) is 0. The molecule has 0 unspecified atom stereocenters. The van der Waals surface area contributed by atoms with E-state index in [1.807, 2.05) is 36.5 Å². The molecule has 0 bridgehead atoms. The lowest BCUT2D eigenvalue weighted by atomic mass is 10.1. The van der Waals surface area contributed by atoms with Gasteiger partial charge in [-0.05, 0) is 14.0 Å². The molecule has 0 radical (unpaired) electrons. The molecule has 0 atom stereocenters. The van der Waals surface area contributed by atoms with Crippen molar-refractivity contribution < 1.29 is 2.74 Å². The zero-order chi connectivity index (χ0) is 16.1. The van der Waals surface area contributed by atoms with E-state index < -0.39 is 0 Å². The molecule has 2 heterocycles. The Morgan fingerprint density at radius 2 is 2.05 bits per heavy atom. The SMILES string of the molecule is [2H]CN(C[2H])Cc1cn(-c2ccncn2)nc1-c1ccccc1. The van der Waals surface area contributed by atoms with Gasteiger partial charge in [0.15, 0.2) is 5.82 Å². The fourth-order valence-electron chi connectivity index (χ4n) is 2.14. The molecule has 0 aliphatic heterocycles. The second kappa shape index (κ2) is 5.85. The van der Waals surface area contributed by atoms with Crippen LogP contribution >= 0.6 is 0 Å². The maximum atomic E-state index is 7.51. The third-order valence-corrected chi connectivity index (χ3v) is 3.03. The number of nitrogens with zero attached hydrogens (tertiary/aromatic N) is 5. The van der Waals surface area contributed by atoms with Crippen LogP contribution in [0.15, 0.2) is 55.1 Å². The molecular formula is C16H17N5. The van der Waals surface area contributed by atoms with Crippen molar-refractivity contribution in [2.75, 3.05) is 14.0 Å². The highest BCUT2D eigenvalue weighted by Crippen LogP contribution is 2.23. The van der Waals surface area contributed by atoms with Gasteiger partial charge in [0.2, 0.25) is 0 Å². The van der Waals surface area contributed by atoms with Crippen molar-refractivity contribution in [3.05, 3.63) is 60.7 Å². The van der Waals surface area contributed by atoms with E-state index in [4.69, 9.17) is 2.74 Å². The summed E-state index contributed by atoms with van der Waals surface area (Å²) in [4.78, 5) is 9.86. The van der Waals surface area contributed by atoms with Gasteiger partial charge in [-0.1, -0.05) is 30.3 Å². The molecule has 0 fully saturated rings. The van der Waals surface area contributed by atoms with E-state index in [9.17, 15) is 0 Å². The van der Waals surface area contributed by atoms with E-state index in [2.05, 4.69) is 15.1 Å². The van der Waals surface area contributed by atoms with Crippen LogP contribution in [0.25, 0.3) is 17.1 Å². The van der Waals surface area contributed by atoms with Gasteiger partial charge in [0.25, 0.3) is 0 Å². The van der Waals surface area contributed by atoms with Crippen molar-refractivity contribution in [1.29, 1.82) is 0 Å². The maximum absolute atomic E-state index is 7.51. The van der Waals surface area contributed by atoms with E-state index >= 15 is 0 Å². The predicted octanol–water partition coefficient (Wildman–Crippen LogP) is 2.39. The summed E-state index contributed by atoms with van der Waals surface area (Å²) >= 11 is 0. The lowest BCUT2D eigenvalue weighted by Gasteiger charge is -2.08. The molecule has 0 spiro atoms. The zero-order valence-electron chi connectivity index (χ0n) is 13.6. The monoisotopic (exact) mass is 281 g/mol. The Hall–Kier alpha value is -2.53. The van der Waals surface area contributed by atoms with Crippen molar-refractivity contribution in [3.8, 4) is 17.1 Å². The molecule has 5 nitrogen and oxygen atoms in total. The summed E-state index contributed by atoms with van der Waals surface area (Å²) in [6, 6.07) is 11.7. The first-order valence-electron chi connectivity index (χ1n) is 7.94. The standard InChI is InChI=1S/C16H17N5/c1-20(2)10-14-11-21(15-8-9-17-12-18-15)19-16(14)13-6-4-3-5-7-13/h3-9,11-12H,10H2,1-2H3/i1D,2D. The summed E-state index contributed by atoms with van der Waals surface area (Å²) < 4.78 is 16.7. The average molecular weight is 281 g/mol. The molecule has 0 aliphatic rings. The first kappa shape index (κ1) is 11.2. The second-order valence-electron chi connectivity index (χ2n) is 4.71. The quantitative estimate of drug-likeness (QED) is 0.736. The molecule has 0 N–H and O–H groups in total. The van der Waals surface area contributed by atoms with Crippen LogP contribution in [0, 0.1) is 0 Å². The van der Waals surface area contributed by atoms with Crippen molar-refractivity contribution in [2.45, 2.75) is 6.54 Å². The highest BCUT2D eigenvalue weighted by Gasteiger charge is 2.13. The Morgan fingerprint density at radius 1 is 1.19 bits per heavy atom. The maximum Gasteiger partial charge on any atom is 0.156 e. The van der Waals surface area contributed by atoms with Gasteiger partial charge in [-0.3, -0.25) is 0 Å². The van der Waals surface area contributed by atoms with E-state index in [0.29, 0.717) is 12.4 Å². The van der Waals surface area contributed by atoms with Crippen molar-refractivity contribution >= 4 is 0 Å². The molecule has 0 amide bonds. The second-order valence-corrected chi connectivity index (χ2v) is 4.71. The first-order valence-corrected chi connectivity index (χ1v) is 6.53. The van der Waals surface area contributed by atoms with Crippen LogP contribution in [0.4, 0.5) is 0 Å². The van der Waals surface area contributed by atoms with Crippen LogP contribution in [0.1, 0.15) is 8.30 Å². The minimum absolute atomic E-state index is 0.0798. The largest absolute Gasteiger partial charge is 0.305 e. The summed E-state index contributed by atoms with van der Waals surface area (Å²) in [5, 5.41) is 4.65. The molecule has 5 heteroatoms. The summed E-state index contributed by atoms with van der Waals surface area (Å²) in [7, 11) is 0.160. The van der Waals surface area contributed by atoms with Gasteiger partial charge >= 0.3 is 0 Å². The van der Waals surface area contributed by atoms with Crippen LogP contribution in [0.3, 0.4) is 0 Å². The van der Waals surface area contributed by atoms with Gasteiger partial charge in [0, 0.05) is 38.9 Å². The zero-order valence-corrected chi connectivity index (χ0v) is 11.6. The molecule has 0 aliphatic carbocycles. The summed E-state index contributed by atoms with van der Waals surface area (Å²) in [5.41, 5.74) is 2.82. The number of aromatic nitrogens is 4. The van der Waals surface area contributed by atoms with Crippen LogP contribution in [0.5, 0.6) is 0 Å². The Kier molecular flexibility index (Phi) is 3.11. The van der Waals surface area contributed by atoms with Crippen LogP contribution in [0.2, 0.25) is 0 Å². The van der Waals surface area contributed by atoms with Crippen LogP contribution < -0.4 is 0 Å². The minimum Gasteiger partial charge on any atom is -0.305 e. The Bertz CT molecular complexity index is 742.